The van der Waals surface area contributed by atoms with Crippen LogP contribution < -0.4 is 4.90 Å². The summed E-state index contributed by atoms with van der Waals surface area (Å²) in [6, 6.07) is 23.3. The number of hydrogen-bond donors (Lipinski definition) is 0. The van der Waals surface area contributed by atoms with Crippen LogP contribution in [0.15, 0.2) is 72.8 Å². The summed E-state index contributed by atoms with van der Waals surface area (Å²) in [6.45, 7) is 0.911. The van der Waals surface area contributed by atoms with E-state index < -0.39 is 11.6 Å². The van der Waals surface area contributed by atoms with Gasteiger partial charge in [0.05, 0.1) is 0 Å². The van der Waals surface area contributed by atoms with Crippen molar-refractivity contribution in [2.75, 3.05) is 4.90 Å². The topological polar surface area (TPSA) is 3.24 Å². The second-order valence-electron chi connectivity index (χ2n) is 11.4. The van der Waals surface area contributed by atoms with Crippen LogP contribution in [-0.2, 0) is 13.1 Å². The molecule has 0 aromatic heterocycles. The highest BCUT2D eigenvalue weighted by Gasteiger charge is 2.30. The van der Waals surface area contributed by atoms with Crippen LogP contribution in [0.2, 0.25) is 0 Å². The molecule has 0 N–H and O–H groups in total. The van der Waals surface area contributed by atoms with Crippen LogP contribution in [-0.4, -0.2) is 0 Å². The summed E-state index contributed by atoms with van der Waals surface area (Å²) in [4.78, 5) is 1.86. The molecule has 2 aliphatic rings. The minimum Gasteiger partial charge on any atom is -0.358 e. The molecule has 3 aromatic rings. The van der Waals surface area contributed by atoms with Crippen molar-refractivity contribution in [1.82, 2.24) is 0 Å². The van der Waals surface area contributed by atoms with Gasteiger partial charge in [0, 0.05) is 13.1 Å². The lowest BCUT2D eigenvalue weighted by atomic mass is 9.71. The molecular formula is C34H41F2N. The van der Waals surface area contributed by atoms with Gasteiger partial charge in [0.2, 0.25) is 0 Å². The maximum atomic E-state index is 16.0. The third kappa shape index (κ3) is 6.80. The maximum Gasteiger partial charge on any atom is 0.149 e. The number of anilines is 1. The Hall–Kier alpha value is -2.68. The van der Waals surface area contributed by atoms with E-state index in [2.05, 4.69) is 0 Å². The van der Waals surface area contributed by atoms with Crippen LogP contribution in [0.25, 0.3) is 0 Å². The van der Waals surface area contributed by atoms with Gasteiger partial charge in [-0.2, -0.15) is 0 Å². The summed E-state index contributed by atoms with van der Waals surface area (Å²) < 4.78 is 32.0. The Labute approximate surface area is 221 Å². The summed E-state index contributed by atoms with van der Waals surface area (Å²) in [5, 5.41) is 0. The summed E-state index contributed by atoms with van der Waals surface area (Å²) in [7, 11) is 0. The summed E-state index contributed by atoms with van der Waals surface area (Å²) in [6.07, 6.45) is 13.7. The van der Waals surface area contributed by atoms with Crippen molar-refractivity contribution in [2.24, 2.45) is 11.8 Å². The lowest BCUT2D eigenvalue weighted by Gasteiger charge is -2.35. The molecule has 0 aliphatic heterocycles. The molecule has 0 bridgehead atoms. The van der Waals surface area contributed by atoms with Crippen molar-refractivity contribution in [1.29, 1.82) is 0 Å². The molecule has 2 fully saturated rings. The largest absolute Gasteiger partial charge is 0.358 e. The molecule has 2 saturated carbocycles. The van der Waals surface area contributed by atoms with Gasteiger partial charge >= 0.3 is 0 Å². The summed E-state index contributed by atoms with van der Waals surface area (Å²) >= 11 is 0. The molecular weight excluding hydrogens is 460 g/mol. The van der Waals surface area contributed by atoms with Crippen LogP contribution >= 0.6 is 0 Å². The van der Waals surface area contributed by atoms with Gasteiger partial charge in [-0.05, 0) is 65.8 Å². The van der Waals surface area contributed by atoms with E-state index in [1.54, 1.807) is 12.1 Å². The molecule has 0 amide bonds. The van der Waals surface area contributed by atoms with Gasteiger partial charge in [0.1, 0.15) is 17.3 Å². The predicted octanol–water partition coefficient (Wildman–Crippen LogP) is 9.81. The van der Waals surface area contributed by atoms with E-state index in [0.29, 0.717) is 24.9 Å². The second kappa shape index (κ2) is 12.7. The molecule has 0 heterocycles. The van der Waals surface area contributed by atoms with Crippen molar-refractivity contribution in [3.63, 3.8) is 0 Å². The zero-order valence-electron chi connectivity index (χ0n) is 22.1. The van der Waals surface area contributed by atoms with Gasteiger partial charge in [-0.25, -0.2) is 8.78 Å². The zero-order valence-corrected chi connectivity index (χ0v) is 22.1. The van der Waals surface area contributed by atoms with Crippen LogP contribution in [0, 0.1) is 23.5 Å². The Morgan fingerprint density at radius 2 is 1.14 bits per heavy atom. The number of rotatable bonds is 9. The van der Waals surface area contributed by atoms with Crippen molar-refractivity contribution in [3.8, 4) is 0 Å². The molecule has 37 heavy (non-hydrogen) atoms. The highest BCUT2D eigenvalue weighted by atomic mass is 19.1. The van der Waals surface area contributed by atoms with Crippen LogP contribution in [0.1, 0.15) is 93.2 Å². The molecule has 3 heteroatoms. The van der Waals surface area contributed by atoms with Gasteiger partial charge in [0.15, 0.2) is 0 Å². The van der Waals surface area contributed by atoms with Crippen LogP contribution in [0.5, 0.6) is 0 Å². The van der Waals surface area contributed by atoms with E-state index in [9.17, 15) is 0 Å². The third-order valence-electron chi connectivity index (χ3n) is 8.75. The van der Waals surface area contributed by atoms with E-state index >= 15 is 8.78 Å². The highest BCUT2D eigenvalue weighted by Crippen LogP contribution is 2.44. The Balaban J connectivity index is 1.46. The minimum atomic E-state index is -0.425. The molecule has 1 nitrogen and oxygen atoms in total. The Kier molecular flexibility index (Phi) is 8.92. The number of benzene rings is 3. The van der Waals surface area contributed by atoms with Gasteiger partial charge < -0.3 is 4.90 Å². The first-order valence-corrected chi connectivity index (χ1v) is 14.5. The molecule has 2 aliphatic carbocycles. The average Bonchev–Trinajstić information content (AvgIpc) is 2.93. The Morgan fingerprint density at radius 3 is 1.65 bits per heavy atom. The first kappa shape index (κ1) is 25.9. The third-order valence-corrected chi connectivity index (χ3v) is 8.75. The molecule has 0 saturated heterocycles. The van der Waals surface area contributed by atoms with Gasteiger partial charge in [-0.3, -0.25) is 0 Å². The van der Waals surface area contributed by atoms with E-state index in [1.807, 2.05) is 65.6 Å². The van der Waals surface area contributed by atoms with Gasteiger partial charge in [0.25, 0.3) is 0 Å². The SMILES string of the molecule is Fc1cc(C(CC2CCCCC2)C2CCCCC2)cc(F)c1N(Cc1ccccc1)Cc1ccccc1. The van der Waals surface area contributed by atoms with Crippen molar-refractivity contribution in [2.45, 2.75) is 89.6 Å². The fraction of sp³-hybridized carbons (Fsp3) is 0.471. The zero-order chi connectivity index (χ0) is 25.5. The first-order valence-electron chi connectivity index (χ1n) is 14.5. The van der Waals surface area contributed by atoms with Crippen molar-refractivity contribution < 1.29 is 8.78 Å². The maximum absolute atomic E-state index is 16.0. The first-order chi connectivity index (χ1) is 18.2. The van der Waals surface area contributed by atoms with Crippen molar-refractivity contribution >= 4 is 5.69 Å². The number of nitrogens with zero attached hydrogens (tertiary/aromatic N) is 1. The minimum absolute atomic E-state index is 0.0940. The summed E-state index contributed by atoms with van der Waals surface area (Å²) in [5.41, 5.74) is 3.06. The van der Waals surface area contributed by atoms with Gasteiger partial charge in [-0.1, -0.05) is 112 Å². The van der Waals surface area contributed by atoms with E-state index in [4.69, 9.17) is 0 Å². The Morgan fingerprint density at radius 1 is 0.649 bits per heavy atom. The standard InChI is InChI=1S/C34H41F2N/c35-32-22-30(31(29-19-11-4-12-20-29)21-26-13-5-1-6-14-26)23-33(36)34(32)37(24-27-15-7-2-8-16-27)25-28-17-9-3-10-18-28/h2-3,7-10,15-18,22-23,26,29,31H,1,4-6,11-14,19-21,24-25H2. The smallest absolute Gasteiger partial charge is 0.149 e. The lowest BCUT2D eigenvalue weighted by molar-refractivity contribution is 0.239. The van der Waals surface area contributed by atoms with Crippen LogP contribution in [0.3, 0.4) is 0 Å². The monoisotopic (exact) mass is 501 g/mol. The van der Waals surface area contributed by atoms with Crippen molar-refractivity contribution in [3.05, 3.63) is 101 Å². The molecule has 0 radical (unpaired) electrons. The van der Waals surface area contributed by atoms with Crippen LogP contribution in [0.4, 0.5) is 14.5 Å². The lowest BCUT2D eigenvalue weighted by Crippen LogP contribution is -2.25. The fourth-order valence-corrected chi connectivity index (χ4v) is 6.84. The van der Waals surface area contributed by atoms with E-state index in [0.717, 1.165) is 23.1 Å². The Bertz CT molecular complexity index is 1040. The molecule has 196 valence electrons. The van der Waals surface area contributed by atoms with E-state index in [-0.39, 0.29) is 11.6 Å². The molecule has 1 atom stereocenters. The van der Waals surface area contributed by atoms with E-state index in [1.165, 1.54) is 64.2 Å². The number of halogens is 2. The quantitative estimate of drug-likeness (QED) is 0.282. The summed E-state index contributed by atoms with van der Waals surface area (Å²) in [5.74, 6) is 0.653. The molecule has 1 unspecified atom stereocenters. The molecule has 5 rings (SSSR count). The molecule has 3 aromatic carbocycles. The predicted molar refractivity (Wildman–Crippen MR) is 150 cm³/mol. The number of hydrogen-bond acceptors (Lipinski definition) is 1. The molecule has 0 spiro atoms. The second-order valence-corrected chi connectivity index (χ2v) is 11.4. The van der Waals surface area contributed by atoms with Gasteiger partial charge in [-0.15, -0.1) is 0 Å². The highest BCUT2D eigenvalue weighted by molar-refractivity contribution is 5.52. The fourth-order valence-electron chi connectivity index (χ4n) is 6.84. The average molecular weight is 502 g/mol. The normalized spacial score (nSPS) is 18.0.